The second-order valence-electron chi connectivity index (χ2n) is 8.33. The molecule has 0 heterocycles. The average molecular weight is 338 g/mol. The van der Waals surface area contributed by atoms with Crippen LogP contribution in [0.2, 0.25) is 0 Å². The highest BCUT2D eigenvalue weighted by Crippen LogP contribution is 2.24. The fourth-order valence-electron chi connectivity index (χ4n) is 2.47. The smallest absolute Gasteiger partial charge is 0.0314 e. The van der Waals surface area contributed by atoms with Crippen molar-refractivity contribution in [3.63, 3.8) is 0 Å². The van der Waals surface area contributed by atoms with E-state index in [-0.39, 0.29) is 5.41 Å². The second kappa shape index (κ2) is 8.89. The van der Waals surface area contributed by atoms with Crippen LogP contribution in [-0.2, 0) is 5.41 Å². The van der Waals surface area contributed by atoms with Gasteiger partial charge in [0.1, 0.15) is 0 Å². The number of nitrogens with two attached hydrogens (primary N) is 1. The van der Waals surface area contributed by atoms with E-state index in [1.165, 1.54) is 16.7 Å². The van der Waals surface area contributed by atoms with Gasteiger partial charge in [0, 0.05) is 5.70 Å². The minimum absolute atomic E-state index is 0.273. The van der Waals surface area contributed by atoms with Crippen LogP contribution in [0.25, 0.3) is 5.70 Å². The van der Waals surface area contributed by atoms with Crippen LogP contribution in [0.5, 0.6) is 0 Å². The summed E-state index contributed by atoms with van der Waals surface area (Å²) in [5.41, 5.74) is 11.7. The van der Waals surface area contributed by atoms with Gasteiger partial charge in [0.05, 0.1) is 0 Å². The van der Waals surface area contributed by atoms with Crippen LogP contribution in [0.3, 0.4) is 0 Å². The summed E-state index contributed by atoms with van der Waals surface area (Å²) < 4.78 is 0. The molecule has 0 spiro atoms. The van der Waals surface area contributed by atoms with E-state index >= 15 is 0 Å². The van der Waals surface area contributed by atoms with Gasteiger partial charge in [-0.3, -0.25) is 0 Å². The van der Waals surface area contributed by atoms with Crippen molar-refractivity contribution >= 4 is 5.70 Å². The van der Waals surface area contributed by atoms with Crippen molar-refractivity contribution < 1.29 is 0 Å². The summed E-state index contributed by atoms with van der Waals surface area (Å²) in [4.78, 5) is 0. The van der Waals surface area contributed by atoms with Gasteiger partial charge in [-0.2, -0.15) is 0 Å². The van der Waals surface area contributed by atoms with Crippen molar-refractivity contribution in [1.29, 1.82) is 0 Å². The molecule has 2 rings (SSSR count). The molecular formula is C24H35N. The van der Waals surface area contributed by atoms with E-state index in [2.05, 4.69) is 91.4 Å². The Morgan fingerprint density at radius 1 is 0.840 bits per heavy atom. The molecule has 0 aliphatic rings. The topological polar surface area (TPSA) is 26.0 Å². The molecule has 0 unspecified atom stereocenters. The Labute approximate surface area is 155 Å². The van der Waals surface area contributed by atoms with E-state index in [4.69, 9.17) is 5.73 Å². The van der Waals surface area contributed by atoms with Gasteiger partial charge in [-0.1, -0.05) is 97.5 Å². The summed E-state index contributed by atoms with van der Waals surface area (Å²) in [6.07, 6.45) is 0. The van der Waals surface area contributed by atoms with Crippen molar-refractivity contribution in [3.05, 3.63) is 77.4 Å². The van der Waals surface area contributed by atoms with Crippen LogP contribution in [0.15, 0.2) is 55.1 Å². The van der Waals surface area contributed by atoms with E-state index in [1.807, 2.05) is 12.1 Å². The molecule has 2 aromatic rings. The summed E-state index contributed by atoms with van der Waals surface area (Å²) in [5, 5.41) is 0. The highest BCUT2D eigenvalue weighted by molar-refractivity contribution is 5.60. The Bertz CT molecular complexity index is 670. The first-order chi connectivity index (χ1) is 11.5. The van der Waals surface area contributed by atoms with Crippen molar-refractivity contribution in [2.75, 3.05) is 0 Å². The quantitative estimate of drug-likeness (QED) is 0.651. The maximum absolute atomic E-state index is 5.59. The van der Waals surface area contributed by atoms with Crippen LogP contribution in [0.1, 0.15) is 82.6 Å². The lowest BCUT2D eigenvalue weighted by molar-refractivity contribution is 0.589. The van der Waals surface area contributed by atoms with Gasteiger partial charge in [0.2, 0.25) is 0 Å². The molecular weight excluding hydrogens is 302 g/mol. The van der Waals surface area contributed by atoms with E-state index < -0.39 is 0 Å². The first kappa shape index (κ1) is 21.0. The van der Waals surface area contributed by atoms with E-state index in [0.717, 1.165) is 5.56 Å². The standard InChI is InChI=1S/C13H20.C11H15N/c1-10(2)11-6-8-12(9-7-11)13(3,4)5;1-8(2)10-5-4-6-11(7-10)9(3)12/h6-10H,1-5H3;4-8H,3,12H2,1-2H3. The number of benzene rings is 2. The molecule has 0 atom stereocenters. The lowest BCUT2D eigenvalue weighted by atomic mass is 9.86. The first-order valence-corrected chi connectivity index (χ1v) is 9.17. The third-order valence-corrected chi connectivity index (χ3v) is 4.37. The maximum atomic E-state index is 5.59. The lowest BCUT2D eigenvalue weighted by Crippen LogP contribution is -2.10. The predicted molar refractivity (Wildman–Crippen MR) is 113 cm³/mol. The molecule has 136 valence electrons. The highest BCUT2D eigenvalue weighted by atomic mass is 14.6. The zero-order chi connectivity index (χ0) is 19.2. The molecule has 0 aliphatic carbocycles. The minimum Gasteiger partial charge on any atom is -0.399 e. The predicted octanol–water partition coefficient (Wildman–Crippen LogP) is 6.85. The second-order valence-corrected chi connectivity index (χ2v) is 8.33. The Morgan fingerprint density at radius 3 is 1.76 bits per heavy atom. The molecule has 2 aromatic carbocycles. The number of hydrogen-bond acceptors (Lipinski definition) is 1. The Balaban J connectivity index is 0.000000251. The average Bonchev–Trinajstić information content (AvgIpc) is 2.54. The maximum Gasteiger partial charge on any atom is 0.0314 e. The summed E-state index contributed by atoms with van der Waals surface area (Å²) in [5.74, 6) is 1.18. The van der Waals surface area contributed by atoms with Crippen LogP contribution in [0.4, 0.5) is 0 Å². The third kappa shape index (κ3) is 6.78. The summed E-state index contributed by atoms with van der Waals surface area (Å²) in [7, 11) is 0. The molecule has 0 radical (unpaired) electrons. The Hall–Kier alpha value is -2.02. The van der Waals surface area contributed by atoms with E-state index in [9.17, 15) is 0 Å². The van der Waals surface area contributed by atoms with Gasteiger partial charge in [0.25, 0.3) is 0 Å². The Morgan fingerprint density at radius 2 is 1.36 bits per heavy atom. The molecule has 0 fully saturated rings. The fourth-order valence-corrected chi connectivity index (χ4v) is 2.47. The Kier molecular flexibility index (Phi) is 7.48. The molecule has 0 aliphatic heterocycles. The van der Waals surface area contributed by atoms with E-state index in [0.29, 0.717) is 17.5 Å². The first-order valence-electron chi connectivity index (χ1n) is 9.17. The molecule has 25 heavy (non-hydrogen) atoms. The molecule has 1 nitrogen and oxygen atoms in total. The monoisotopic (exact) mass is 337 g/mol. The zero-order valence-electron chi connectivity index (χ0n) is 17.1. The van der Waals surface area contributed by atoms with Crippen LogP contribution in [0, 0.1) is 0 Å². The molecule has 1 heteroatoms. The largest absolute Gasteiger partial charge is 0.399 e. The molecule has 0 aromatic heterocycles. The summed E-state index contributed by atoms with van der Waals surface area (Å²) >= 11 is 0. The molecule has 0 amide bonds. The van der Waals surface area contributed by atoms with Crippen molar-refractivity contribution in [2.45, 2.75) is 65.7 Å². The van der Waals surface area contributed by atoms with Gasteiger partial charge >= 0.3 is 0 Å². The number of rotatable bonds is 3. The summed E-state index contributed by atoms with van der Waals surface area (Å²) in [6, 6.07) is 17.2. The van der Waals surface area contributed by atoms with Gasteiger partial charge in [-0.05, 0) is 45.6 Å². The molecule has 2 N–H and O–H groups in total. The summed E-state index contributed by atoms with van der Waals surface area (Å²) in [6.45, 7) is 19.2. The van der Waals surface area contributed by atoms with Gasteiger partial charge in [-0.15, -0.1) is 0 Å². The number of hydrogen-bond donors (Lipinski definition) is 1. The molecule has 0 saturated heterocycles. The van der Waals surface area contributed by atoms with Gasteiger partial charge < -0.3 is 5.73 Å². The van der Waals surface area contributed by atoms with Crippen LogP contribution < -0.4 is 5.73 Å². The zero-order valence-corrected chi connectivity index (χ0v) is 17.1. The SMILES string of the molecule is C=C(N)c1cccc(C(C)C)c1.CC(C)c1ccc(C(C)(C)C)cc1. The third-order valence-electron chi connectivity index (χ3n) is 4.37. The fraction of sp³-hybridized carbons (Fsp3) is 0.417. The van der Waals surface area contributed by atoms with Crippen LogP contribution >= 0.6 is 0 Å². The van der Waals surface area contributed by atoms with Gasteiger partial charge in [-0.25, -0.2) is 0 Å². The van der Waals surface area contributed by atoms with Crippen LogP contribution in [-0.4, -0.2) is 0 Å². The van der Waals surface area contributed by atoms with E-state index in [1.54, 1.807) is 0 Å². The molecule has 0 bridgehead atoms. The lowest BCUT2D eigenvalue weighted by Gasteiger charge is -2.19. The van der Waals surface area contributed by atoms with Crippen molar-refractivity contribution in [2.24, 2.45) is 5.73 Å². The van der Waals surface area contributed by atoms with Crippen molar-refractivity contribution in [1.82, 2.24) is 0 Å². The van der Waals surface area contributed by atoms with Crippen molar-refractivity contribution in [3.8, 4) is 0 Å². The van der Waals surface area contributed by atoms with Gasteiger partial charge in [0.15, 0.2) is 0 Å². The normalized spacial score (nSPS) is 11.2. The highest BCUT2D eigenvalue weighted by Gasteiger charge is 2.12. The molecule has 0 saturated carbocycles. The minimum atomic E-state index is 0.273.